The van der Waals surface area contributed by atoms with E-state index in [9.17, 15) is 14.0 Å². The standard InChI is InChI=1S/C25H29FN6O2/c1-15-22(8-7-21(28-15)25(34)27-2)32-11-9-31(10-12-32)18-5-3-16(13-18)23-29-20-6-4-17(26)14-19(20)24(33)30-23/h4,6-8,14,16,18H,3,5,9-13H2,1-2H3,(H,27,34)(H,29,30,33)/t16-,18+/m1/s1. The molecule has 1 aromatic carbocycles. The first-order chi connectivity index (χ1) is 16.4. The summed E-state index contributed by atoms with van der Waals surface area (Å²) in [5, 5.41) is 2.91. The predicted octanol–water partition coefficient (Wildman–Crippen LogP) is 2.58. The molecule has 2 N–H and O–H groups in total. The lowest BCUT2D eigenvalue weighted by molar-refractivity contribution is 0.0958. The van der Waals surface area contributed by atoms with Crippen LogP contribution in [0, 0.1) is 12.7 Å². The number of nitrogens with zero attached hydrogens (tertiary/aromatic N) is 4. The Hall–Kier alpha value is -3.33. The first-order valence-electron chi connectivity index (χ1n) is 11.8. The SMILES string of the molecule is CNC(=O)c1ccc(N2CCN([C@H]3CC[C@@H](c4nc5ccc(F)cc5c(=O)[nH]4)C3)CC2)c(C)n1. The number of aromatic amines is 1. The van der Waals surface area contributed by atoms with Gasteiger partial charge in [-0.2, -0.15) is 0 Å². The molecule has 9 heteroatoms. The van der Waals surface area contributed by atoms with Crippen LogP contribution in [0.5, 0.6) is 0 Å². The van der Waals surface area contributed by atoms with E-state index in [0.717, 1.165) is 56.8 Å². The lowest BCUT2D eigenvalue weighted by atomic mass is 10.1. The van der Waals surface area contributed by atoms with E-state index in [1.54, 1.807) is 19.2 Å². The Labute approximate surface area is 197 Å². The number of anilines is 1. The van der Waals surface area contributed by atoms with E-state index in [1.807, 2.05) is 13.0 Å². The molecule has 2 atom stereocenters. The topological polar surface area (TPSA) is 94.2 Å². The van der Waals surface area contributed by atoms with Crippen molar-refractivity contribution in [3.8, 4) is 0 Å². The Kier molecular flexibility index (Phi) is 6.03. The number of amides is 1. The summed E-state index contributed by atoms with van der Waals surface area (Å²) in [5.74, 6) is 0.308. The van der Waals surface area contributed by atoms with Crippen LogP contribution in [0.1, 0.15) is 47.2 Å². The molecule has 2 fully saturated rings. The highest BCUT2D eigenvalue weighted by atomic mass is 19.1. The molecule has 34 heavy (non-hydrogen) atoms. The number of carbonyl (C=O) groups excluding carboxylic acids is 1. The number of hydrogen-bond donors (Lipinski definition) is 2. The van der Waals surface area contributed by atoms with Gasteiger partial charge < -0.3 is 15.2 Å². The highest BCUT2D eigenvalue weighted by molar-refractivity contribution is 5.92. The van der Waals surface area contributed by atoms with Crippen molar-refractivity contribution in [1.82, 2.24) is 25.2 Å². The Morgan fingerprint density at radius 3 is 2.65 bits per heavy atom. The molecule has 5 rings (SSSR count). The minimum atomic E-state index is -0.430. The van der Waals surface area contributed by atoms with Gasteiger partial charge in [-0.25, -0.2) is 14.4 Å². The van der Waals surface area contributed by atoms with E-state index in [0.29, 0.717) is 28.5 Å². The van der Waals surface area contributed by atoms with Crippen molar-refractivity contribution in [2.75, 3.05) is 38.1 Å². The fourth-order valence-corrected chi connectivity index (χ4v) is 5.33. The molecule has 1 saturated carbocycles. The first-order valence-corrected chi connectivity index (χ1v) is 11.8. The number of aryl methyl sites for hydroxylation is 1. The van der Waals surface area contributed by atoms with Gasteiger partial charge in [0.1, 0.15) is 17.3 Å². The summed E-state index contributed by atoms with van der Waals surface area (Å²) in [6.07, 6.45) is 3.00. The summed E-state index contributed by atoms with van der Waals surface area (Å²) >= 11 is 0. The largest absolute Gasteiger partial charge is 0.368 e. The third-order valence-electron chi connectivity index (χ3n) is 7.17. The first kappa shape index (κ1) is 22.5. The van der Waals surface area contributed by atoms with Gasteiger partial charge in [0.25, 0.3) is 11.5 Å². The summed E-state index contributed by atoms with van der Waals surface area (Å²) in [5.41, 5.74) is 2.64. The number of piperazine rings is 1. The van der Waals surface area contributed by atoms with Gasteiger partial charge in [-0.1, -0.05) is 0 Å². The van der Waals surface area contributed by atoms with Crippen LogP contribution in [-0.4, -0.2) is 65.0 Å². The zero-order valence-electron chi connectivity index (χ0n) is 19.5. The monoisotopic (exact) mass is 464 g/mol. The summed E-state index contributed by atoms with van der Waals surface area (Å²) < 4.78 is 13.5. The molecule has 3 heterocycles. The summed E-state index contributed by atoms with van der Waals surface area (Å²) in [6, 6.07) is 8.39. The summed E-state index contributed by atoms with van der Waals surface area (Å²) in [4.78, 5) is 41.2. The number of hydrogen-bond acceptors (Lipinski definition) is 6. The minimum Gasteiger partial charge on any atom is -0.368 e. The molecule has 1 aliphatic heterocycles. The number of H-pyrrole nitrogens is 1. The third-order valence-corrected chi connectivity index (χ3v) is 7.17. The molecule has 0 unspecified atom stereocenters. The van der Waals surface area contributed by atoms with E-state index >= 15 is 0 Å². The molecule has 8 nitrogen and oxygen atoms in total. The van der Waals surface area contributed by atoms with Gasteiger partial charge in [-0.15, -0.1) is 0 Å². The second-order valence-corrected chi connectivity index (χ2v) is 9.18. The van der Waals surface area contributed by atoms with Crippen molar-refractivity contribution in [2.24, 2.45) is 0 Å². The number of nitrogens with one attached hydrogen (secondary N) is 2. The second-order valence-electron chi connectivity index (χ2n) is 9.18. The molecule has 2 aromatic heterocycles. The van der Waals surface area contributed by atoms with Crippen molar-refractivity contribution in [3.05, 3.63) is 63.7 Å². The van der Waals surface area contributed by atoms with Crippen molar-refractivity contribution < 1.29 is 9.18 Å². The van der Waals surface area contributed by atoms with E-state index in [4.69, 9.17) is 0 Å². The van der Waals surface area contributed by atoms with Gasteiger partial charge in [-0.3, -0.25) is 14.5 Å². The van der Waals surface area contributed by atoms with Gasteiger partial charge >= 0.3 is 0 Å². The van der Waals surface area contributed by atoms with Crippen LogP contribution in [-0.2, 0) is 0 Å². The lowest BCUT2D eigenvalue weighted by Crippen LogP contribution is -2.50. The summed E-state index contributed by atoms with van der Waals surface area (Å²) in [6.45, 7) is 5.66. The third kappa shape index (κ3) is 4.27. The van der Waals surface area contributed by atoms with Crippen LogP contribution in [0.25, 0.3) is 10.9 Å². The number of rotatable bonds is 4. The van der Waals surface area contributed by atoms with Crippen molar-refractivity contribution in [2.45, 2.75) is 38.1 Å². The number of pyridine rings is 1. The van der Waals surface area contributed by atoms with Gasteiger partial charge in [0.2, 0.25) is 0 Å². The zero-order chi connectivity index (χ0) is 23.8. The fourth-order valence-electron chi connectivity index (χ4n) is 5.33. The Morgan fingerprint density at radius 2 is 1.91 bits per heavy atom. The van der Waals surface area contributed by atoms with Gasteiger partial charge in [0, 0.05) is 45.2 Å². The number of halogens is 1. The van der Waals surface area contributed by atoms with Crippen LogP contribution < -0.4 is 15.8 Å². The quantitative estimate of drug-likeness (QED) is 0.617. The van der Waals surface area contributed by atoms with E-state index in [2.05, 4.69) is 30.1 Å². The molecular formula is C25H29FN6O2. The van der Waals surface area contributed by atoms with E-state index in [1.165, 1.54) is 12.1 Å². The summed E-state index contributed by atoms with van der Waals surface area (Å²) in [7, 11) is 1.61. The Bertz CT molecular complexity index is 1280. The van der Waals surface area contributed by atoms with Crippen LogP contribution >= 0.6 is 0 Å². The fraction of sp³-hybridized carbons (Fsp3) is 0.440. The number of fused-ring (bicyclic) bond motifs is 1. The van der Waals surface area contributed by atoms with Gasteiger partial charge in [0.05, 0.1) is 22.3 Å². The molecule has 2 aliphatic rings. The normalized spacial score (nSPS) is 21.2. The van der Waals surface area contributed by atoms with Crippen LogP contribution in [0.15, 0.2) is 35.1 Å². The molecule has 0 radical (unpaired) electrons. The average molecular weight is 465 g/mol. The van der Waals surface area contributed by atoms with Crippen molar-refractivity contribution in [1.29, 1.82) is 0 Å². The second kappa shape index (κ2) is 9.13. The molecule has 178 valence electrons. The van der Waals surface area contributed by atoms with Gasteiger partial charge in [-0.05, 0) is 56.5 Å². The maximum absolute atomic E-state index is 13.5. The molecule has 0 bridgehead atoms. The Balaban J connectivity index is 1.22. The molecule has 3 aromatic rings. The molecule has 1 amide bonds. The zero-order valence-corrected chi connectivity index (χ0v) is 19.5. The van der Waals surface area contributed by atoms with Crippen LogP contribution in [0.2, 0.25) is 0 Å². The highest BCUT2D eigenvalue weighted by Gasteiger charge is 2.33. The predicted molar refractivity (Wildman–Crippen MR) is 129 cm³/mol. The molecular weight excluding hydrogens is 435 g/mol. The lowest BCUT2D eigenvalue weighted by Gasteiger charge is -2.39. The number of carbonyl (C=O) groups is 1. The van der Waals surface area contributed by atoms with E-state index < -0.39 is 5.82 Å². The maximum atomic E-state index is 13.5. The number of benzene rings is 1. The highest BCUT2D eigenvalue weighted by Crippen LogP contribution is 2.36. The molecule has 1 aliphatic carbocycles. The average Bonchev–Trinajstić information content (AvgIpc) is 3.34. The van der Waals surface area contributed by atoms with Crippen LogP contribution in [0.4, 0.5) is 10.1 Å². The van der Waals surface area contributed by atoms with Crippen molar-refractivity contribution >= 4 is 22.5 Å². The van der Waals surface area contributed by atoms with Crippen LogP contribution in [0.3, 0.4) is 0 Å². The maximum Gasteiger partial charge on any atom is 0.269 e. The smallest absolute Gasteiger partial charge is 0.269 e. The van der Waals surface area contributed by atoms with Gasteiger partial charge in [0.15, 0.2) is 0 Å². The minimum absolute atomic E-state index is 0.176. The van der Waals surface area contributed by atoms with E-state index in [-0.39, 0.29) is 17.4 Å². The Morgan fingerprint density at radius 1 is 1.12 bits per heavy atom. The molecule has 1 saturated heterocycles. The van der Waals surface area contributed by atoms with Crippen molar-refractivity contribution in [3.63, 3.8) is 0 Å². The number of aromatic nitrogens is 3. The molecule has 0 spiro atoms.